The molecule has 0 spiro atoms. The monoisotopic (exact) mass is 352 g/mol. The van der Waals surface area contributed by atoms with Crippen LogP contribution in [0.15, 0.2) is 48.5 Å². The molecule has 0 nitrogen and oxygen atoms in total. The molecule has 0 bridgehead atoms. The first-order chi connectivity index (χ1) is 8.58. The van der Waals surface area contributed by atoms with Crippen molar-refractivity contribution in [3.63, 3.8) is 0 Å². The molecule has 0 saturated carbocycles. The summed E-state index contributed by atoms with van der Waals surface area (Å²) in [6.07, 6.45) is 0. The van der Waals surface area contributed by atoms with Gasteiger partial charge in [0.05, 0.1) is 0 Å². The average molecular weight is 351 g/mol. The third-order valence-corrected chi connectivity index (χ3v) is 4.08. The van der Waals surface area contributed by atoms with Crippen LogP contribution in [0.4, 0.5) is 8.78 Å². The summed E-state index contributed by atoms with van der Waals surface area (Å²) in [6, 6.07) is 13.2. The van der Waals surface area contributed by atoms with Gasteiger partial charge in [0.1, 0.15) is 0 Å². The normalized spacial score (nSPS) is 12.7. The molecule has 0 heterocycles. The van der Waals surface area contributed by atoms with E-state index in [1.54, 1.807) is 0 Å². The third kappa shape index (κ3) is 3.10. The van der Waals surface area contributed by atoms with Crippen LogP contribution in [0.25, 0.3) is 0 Å². The molecule has 2 aromatic rings. The Kier molecular flexibility index (Phi) is 4.38. The van der Waals surface area contributed by atoms with Gasteiger partial charge in [-0.25, -0.2) is 0 Å². The van der Waals surface area contributed by atoms with Crippen LogP contribution in [0, 0.1) is 11.6 Å². The average Bonchev–Trinajstić information content (AvgIpc) is 2.34. The van der Waals surface area contributed by atoms with E-state index in [2.05, 4.69) is 6.92 Å². The molecule has 3 heteroatoms. The van der Waals surface area contributed by atoms with Crippen molar-refractivity contribution in [1.82, 2.24) is 0 Å². The van der Waals surface area contributed by atoms with Gasteiger partial charge in [-0.1, -0.05) is 0 Å². The Morgan fingerprint density at radius 2 is 1.11 bits per heavy atom. The van der Waals surface area contributed by atoms with Gasteiger partial charge in [-0.3, -0.25) is 0 Å². The Morgan fingerprint density at radius 1 is 0.778 bits per heavy atom. The fourth-order valence-corrected chi connectivity index (χ4v) is 3.41. The summed E-state index contributed by atoms with van der Waals surface area (Å²) in [6.45, 7) is 2.17. The molecule has 1 unspecified atom stereocenters. The Balaban J connectivity index is 2.39. The number of halogens is 2. The molecular weight excluding hydrogens is 337 g/mol. The molecule has 2 aromatic carbocycles. The van der Waals surface area contributed by atoms with Crippen molar-refractivity contribution in [3.8, 4) is 0 Å². The first-order valence-electron chi connectivity index (χ1n) is 5.84. The molecule has 0 aliphatic rings. The minimum atomic E-state index is -0.225. The van der Waals surface area contributed by atoms with Gasteiger partial charge in [-0.2, -0.15) is 0 Å². The van der Waals surface area contributed by atoms with Gasteiger partial charge in [0, 0.05) is 0 Å². The first-order valence-corrected chi connectivity index (χ1v) is 7.74. The van der Waals surface area contributed by atoms with Crippen molar-refractivity contribution in [3.05, 3.63) is 71.3 Å². The SMILES string of the molecule is C[CH]([SnH])C(c1ccc(F)cc1)c1ccc(F)cc1. The van der Waals surface area contributed by atoms with Crippen molar-refractivity contribution in [2.45, 2.75) is 16.8 Å². The van der Waals surface area contributed by atoms with Crippen LogP contribution in [0.5, 0.6) is 0 Å². The van der Waals surface area contributed by atoms with Gasteiger partial charge in [0.15, 0.2) is 0 Å². The second-order valence-corrected chi connectivity index (χ2v) is 7.44. The van der Waals surface area contributed by atoms with Gasteiger partial charge in [0.25, 0.3) is 0 Å². The quantitative estimate of drug-likeness (QED) is 0.738. The Bertz CT molecular complexity index is 458. The molecule has 1 atom stereocenters. The maximum absolute atomic E-state index is 13.0. The number of benzene rings is 2. The van der Waals surface area contributed by atoms with E-state index in [9.17, 15) is 8.78 Å². The standard InChI is InChI=1S/C15H13F2.Sn.H/c1-2-15(11-3-7-13(16)8-4-11)12-5-9-14(17)10-6-12;;/h2-10,15H,1H3;;. The summed E-state index contributed by atoms with van der Waals surface area (Å²) in [5, 5.41) is 0. The maximum atomic E-state index is 13.0. The zero-order valence-corrected chi connectivity index (χ0v) is 13.4. The van der Waals surface area contributed by atoms with Crippen LogP contribution < -0.4 is 0 Å². The van der Waals surface area contributed by atoms with Crippen molar-refractivity contribution in [1.29, 1.82) is 0 Å². The van der Waals surface area contributed by atoms with E-state index in [0.29, 0.717) is 3.93 Å². The predicted molar refractivity (Wildman–Crippen MR) is 71.2 cm³/mol. The van der Waals surface area contributed by atoms with Crippen molar-refractivity contribution in [2.24, 2.45) is 0 Å². The second-order valence-electron chi connectivity index (χ2n) is 4.44. The molecule has 0 aliphatic heterocycles. The van der Waals surface area contributed by atoms with Crippen LogP contribution in [-0.2, 0) is 0 Å². The van der Waals surface area contributed by atoms with E-state index >= 15 is 0 Å². The molecule has 0 fully saturated rings. The number of rotatable bonds is 3. The summed E-state index contributed by atoms with van der Waals surface area (Å²) < 4.78 is 26.4. The Morgan fingerprint density at radius 3 is 1.39 bits per heavy atom. The summed E-state index contributed by atoms with van der Waals surface area (Å²) in [4.78, 5) is 0. The predicted octanol–water partition coefficient (Wildman–Crippen LogP) is 3.81. The molecule has 0 saturated heterocycles. The van der Waals surface area contributed by atoms with Crippen LogP contribution in [0.3, 0.4) is 0 Å². The van der Waals surface area contributed by atoms with Gasteiger partial charge < -0.3 is 0 Å². The molecule has 0 aliphatic carbocycles. The van der Waals surface area contributed by atoms with Crippen LogP contribution in [0.1, 0.15) is 24.0 Å². The summed E-state index contributed by atoms with van der Waals surface area (Å²) in [7, 11) is 0. The van der Waals surface area contributed by atoms with Gasteiger partial charge in [-0.15, -0.1) is 0 Å². The van der Waals surface area contributed by atoms with E-state index in [-0.39, 0.29) is 17.6 Å². The van der Waals surface area contributed by atoms with Crippen LogP contribution in [0.2, 0.25) is 3.93 Å². The van der Waals surface area contributed by atoms with Crippen molar-refractivity contribution in [2.75, 3.05) is 0 Å². The van der Waals surface area contributed by atoms with E-state index in [0.717, 1.165) is 33.7 Å². The fourth-order valence-electron chi connectivity index (χ4n) is 2.14. The zero-order chi connectivity index (χ0) is 13.1. The molecule has 18 heavy (non-hydrogen) atoms. The van der Waals surface area contributed by atoms with Gasteiger partial charge in [-0.05, 0) is 0 Å². The van der Waals surface area contributed by atoms with E-state index in [1.807, 2.05) is 24.3 Å². The molecule has 2 radical (unpaired) electrons. The Labute approximate surface area is 119 Å². The minimum absolute atomic E-state index is 0.216. The van der Waals surface area contributed by atoms with Gasteiger partial charge >= 0.3 is 119 Å². The number of hydrogen-bond donors (Lipinski definition) is 0. The van der Waals surface area contributed by atoms with E-state index < -0.39 is 0 Å². The first kappa shape index (κ1) is 13.5. The zero-order valence-electron chi connectivity index (χ0n) is 10.1. The third-order valence-electron chi connectivity index (χ3n) is 2.98. The molecule has 0 amide bonds. The fraction of sp³-hybridized carbons (Fsp3) is 0.200. The van der Waals surface area contributed by atoms with E-state index in [4.69, 9.17) is 0 Å². The summed E-state index contributed by atoms with van der Waals surface area (Å²) in [5.74, 6) is -0.234. The molecule has 2 rings (SSSR count). The summed E-state index contributed by atoms with van der Waals surface area (Å²) >= 11 is 1.10. The van der Waals surface area contributed by atoms with Crippen molar-refractivity contribution < 1.29 is 8.78 Å². The molecule has 92 valence electrons. The molecule has 0 aromatic heterocycles. The second kappa shape index (κ2) is 5.83. The topological polar surface area (TPSA) is 0 Å². The van der Waals surface area contributed by atoms with Crippen LogP contribution in [-0.4, -0.2) is 22.5 Å². The summed E-state index contributed by atoms with van der Waals surface area (Å²) in [5.41, 5.74) is 2.17. The number of hydrogen-bond acceptors (Lipinski definition) is 0. The van der Waals surface area contributed by atoms with Gasteiger partial charge in [0.2, 0.25) is 0 Å². The molecule has 0 N–H and O–H groups in total. The molecular formula is C15H14F2Sn. The van der Waals surface area contributed by atoms with Crippen LogP contribution >= 0.6 is 0 Å². The van der Waals surface area contributed by atoms with Crippen molar-refractivity contribution >= 4 is 22.5 Å². The van der Waals surface area contributed by atoms with E-state index in [1.165, 1.54) is 24.3 Å². The Hall–Kier alpha value is -0.901.